The third-order valence-corrected chi connectivity index (χ3v) is 9.51. The predicted octanol–water partition coefficient (Wildman–Crippen LogP) is 10.9. The number of para-hydroxylation sites is 1. The lowest BCUT2D eigenvalue weighted by molar-refractivity contribution is 0.628. The summed E-state index contributed by atoms with van der Waals surface area (Å²) in [5, 5.41) is 4.49. The van der Waals surface area contributed by atoms with Crippen molar-refractivity contribution in [3.05, 3.63) is 144 Å². The van der Waals surface area contributed by atoms with Gasteiger partial charge in [0.15, 0.2) is 0 Å². The Morgan fingerprint density at radius 2 is 1.32 bits per heavy atom. The lowest BCUT2D eigenvalue weighted by atomic mass is 10.0. The van der Waals surface area contributed by atoms with Crippen LogP contribution in [-0.2, 0) is 6.42 Å². The molecule has 4 heterocycles. The Morgan fingerprint density at radius 1 is 0.596 bits per heavy atom. The second-order valence-corrected chi connectivity index (χ2v) is 12.2. The van der Waals surface area contributed by atoms with Crippen LogP contribution in [0.4, 0.5) is 8.78 Å². The van der Waals surface area contributed by atoms with Crippen molar-refractivity contribution in [3.63, 3.8) is 0 Å². The van der Waals surface area contributed by atoms with Crippen molar-refractivity contribution in [1.29, 1.82) is 0 Å². The lowest BCUT2D eigenvalue weighted by Crippen LogP contribution is -2.05. The van der Waals surface area contributed by atoms with E-state index in [2.05, 4.69) is 71.3 Å². The summed E-state index contributed by atoms with van der Waals surface area (Å²) in [6, 6.07) is 36.3. The molecule has 0 unspecified atom stereocenters. The monoisotopic (exact) mass is 613 g/mol. The minimum atomic E-state index is -0.357. The van der Waals surface area contributed by atoms with Crippen LogP contribution >= 0.6 is 0 Å². The van der Waals surface area contributed by atoms with Gasteiger partial charge in [0.2, 0.25) is 0 Å². The van der Waals surface area contributed by atoms with E-state index in [4.69, 9.17) is 9.40 Å². The van der Waals surface area contributed by atoms with Crippen molar-refractivity contribution in [1.82, 2.24) is 14.1 Å². The second-order valence-electron chi connectivity index (χ2n) is 12.2. The van der Waals surface area contributed by atoms with Gasteiger partial charge in [-0.1, -0.05) is 36.4 Å². The molecule has 0 radical (unpaired) electrons. The maximum absolute atomic E-state index is 14.3. The first-order valence-corrected chi connectivity index (χ1v) is 15.7. The lowest BCUT2D eigenvalue weighted by Gasteiger charge is -2.13. The number of halogens is 2. The highest BCUT2D eigenvalue weighted by atomic mass is 19.1. The standard InChI is InChI=1S/C41H25F2N3O/c42-25-13-16-37-30(21-25)31-22-26(43)14-17-38(31)45(37)27-15-19-40-33(23-27)32-20-24(12-18-39(32)47-40)34-8-5-11-41(44-34)46-35-9-3-1-6-28(35)29-7-2-4-10-36(29)46/h1-3,5-9,11-23H,4,10H2. The number of rotatable bonds is 3. The van der Waals surface area contributed by atoms with E-state index < -0.39 is 0 Å². The molecular weight excluding hydrogens is 588 g/mol. The first kappa shape index (κ1) is 26.2. The molecule has 1 aliphatic rings. The summed E-state index contributed by atoms with van der Waals surface area (Å²) in [6.45, 7) is 0. The molecule has 1 aliphatic carbocycles. The van der Waals surface area contributed by atoms with Crippen molar-refractivity contribution in [2.45, 2.75) is 12.8 Å². The Kier molecular flexibility index (Phi) is 5.44. The zero-order valence-electron chi connectivity index (χ0n) is 25.0. The highest BCUT2D eigenvalue weighted by Gasteiger charge is 2.20. The summed E-state index contributed by atoms with van der Waals surface area (Å²) < 4.78 is 39.3. The highest BCUT2D eigenvalue weighted by molar-refractivity contribution is 6.11. The van der Waals surface area contributed by atoms with Crippen LogP contribution in [-0.4, -0.2) is 14.1 Å². The molecule has 47 heavy (non-hydrogen) atoms. The number of pyridine rings is 1. The number of fused-ring (bicyclic) bond motifs is 9. The van der Waals surface area contributed by atoms with Crippen LogP contribution in [0.15, 0.2) is 126 Å². The minimum Gasteiger partial charge on any atom is -0.456 e. The average Bonchev–Trinajstić information content (AvgIpc) is 3.75. The van der Waals surface area contributed by atoms with Gasteiger partial charge in [-0.3, -0.25) is 4.57 Å². The van der Waals surface area contributed by atoms with Crippen LogP contribution in [0.1, 0.15) is 17.7 Å². The number of furan rings is 1. The third-order valence-electron chi connectivity index (χ3n) is 9.51. The zero-order valence-corrected chi connectivity index (χ0v) is 25.0. The van der Waals surface area contributed by atoms with Gasteiger partial charge in [-0.05, 0) is 104 Å². The Bertz CT molecular complexity index is 2720. The normalized spacial score (nSPS) is 13.1. The fourth-order valence-corrected chi connectivity index (χ4v) is 7.45. The number of nitrogens with zero attached hydrogens (tertiary/aromatic N) is 3. The highest BCUT2D eigenvalue weighted by Crippen LogP contribution is 2.38. The topological polar surface area (TPSA) is 35.9 Å². The Balaban J connectivity index is 1.14. The van der Waals surface area contributed by atoms with E-state index in [1.165, 1.54) is 40.9 Å². The first-order valence-electron chi connectivity index (χ1n) is 15.7. The number of hydrogen-bond acceptors (Lipinski definition) is 2. The molecule has 0 saturated heterocycles. The molecule has 0 aliphatic heterocycles. The van der Waals surface area contributed by atoms with Gasteiger partial charge in [0.25, 0.3) is 0 Å². The van der Waals surface area contributed by atoms with Gasteiger partial charge in [-0.15, -0.1) is 0 Å². The Hall–Kier alpha value is -6.01. The zero-order chi connectivity index (χ0) is 31.2. The van der Waals surface area contributed by atoms with Crippen molar-refractivity contribution in [2.75, 3.05) is 0 Å². The smallest absolute Gasteiger partial charge is 0.138 e. The molecule has 10 rings (SSSR count). The summed E-state index contributed by atoms with van der Waals surface area (Å²) in [5.41, 5.74) is 9.61. The molecule has 0 fully saturated rings. The summed E-state index contributed by atoms with van der Waals surface area (Å²) in [6.07, 6.45) is 6.47. The summed E-state index contributed by atoms with van der Waals surface area (Å²) in [7, 11) is 0. The van der Waals surface area contributed by atoms with Gasteiger partial charge in [0.05, 0.1) is 22.2 Å². The van der Waals surface area contributed by atoms with E-state index in [-0.39, 0.29) is 11.6 Å². The summed E-state index contributed by atoms with van der Waals surface area (Å²) in [5.74, 6) is 0.182. The van der Waals surface area contributed by atoms with Crippen molar-refractivity contribution in [2.24, 2.45) is 0 Å². The minimum absolute atomic E-state index is 0.357. The number of aromatic nitrogens is 3. The quantitative estimate of drug-likeness (QED) is 0.199. The Labute approximate surface area is 267 Å². The molecule has 0 atom stereocenters. The molecule has 0 amide bonds. The molecule has 0 spiro atoms. The number of allylic oxidation sites excluding steroid dienone is 1. The Morgan fingerprint density at radius 3 is 2.13 bits per heavy atom. The molecule has 0 bridgehead atoms. The van der Waals surface area contributed by atoms with Gasteiger partial charge in [-0.2, -0.15) is 0 Å². The molecule has 224 valence electrons. The maximum Gasteiger partial charge on any atom is 0.138 e. The molecule has 0 saturated carbocycles. The predicted molar refractivity (Wildman–Crippen MR) is 185 cm³/mol. The van der Waals surface area contributed by atoms with Gasteiger partial charge in [0, 0.05) is 49.4 Å². The van der Waals surface area contributed by atoms with Crippen LogP contribution in [0.25, 0.3) is 83.5 Å². The molecule has 9 aromatic rings. The van der Waals surface area contributed by atoms with Crippen LogP contribution in [0.5, 0.6) is 0 Å². The van der Waals surface area contributed by atoms with E-state index in [1.807, 2.05) is 28.8 Å². The molecular formula is C41H25F2N3O. The fourth-order valence-electron chi connectivity index (χ4n) is 7.45. The van der Waals surface area contributed by atoms with Crippen LogP contribution in [0.3, 0.4) is 0 Å². The third kappa shape index (κ3) is 3.88. The molecule has 5 aromatic carbocycles. The molecule has 4 aromatic heterocycles. The van der Waals surface area contributed by atoms with Crippen molar-refractivity contribution >= 4 is 60.7 Å². The van der Waals surface area contributed by atoms with Gasteiger partial charge >= 0.3 is 0 Å². The van der Waals surface area contributed by atoms with Crippen molar-refractivity contribution < 1.29 is 13.2 Å². The summed E-state index contributed by atoms with van der Waals surface area (Å²) >= 11 is 0. The van der Waals surface area contributed by atoms with E-state index in [9.17, 15) is 8.78 Å². The summed E-state index contributed by atoms with van der Waals surface area (Å²) in [4.78, 5) is 5.20. The maximum atomic E-state index is 14.3. The number of hydrogen-bond donors (Lipinski definition) is 0. The number of benzene rings is 5. The van der Waals surface area contributed by atoms with E-state index in [1.54, 1.807) is 12.1 Å². The molecule has 6 heteroatoms. The second kappa shape index (κ2) is 9.74. The van der Waals surface area contributed by atoms with Gasteiger partial charge in [-0.25, -0.2) is 13.8 Å². The first-order chi connectivity index (χ1) is 23.1. The fraction of sp³-hybridized carbons (Fsp3) is 0.0488. The van der Waals surface area contributed by atoms with Crippen molar-refractivity contribution in [3.8, 4) is 22.8 Å². The average molecular weight is 614 g/mol. The van der Waals surface area contributed by atoms with Crippen LogP contribution in [0, 0.1) is 11.6 Å². The van der Waals surface area contributed by atoms with Crippen LogP contribution in [0.2, 0.25) is 0 Å². The molecule has 0 N–H and O–H groups in total. The van der Waals surface area contributed by atoms with Crippen LogP contribution < -0.4 is 0 Å². The van der Waals surface area contributed by atoms with E-state index in [0.29, 0.717) is 10.8 Å². The van der Waals surface area contributed by atoms with Gasteiger partial charge < -0.3 is 8.98 Å². The SMILES string of the molecule is Fc1ccc2c(c1)c1cc(F)ccc1n2-c1ccc2oc3ccc(-c4cccc(-n5c6c(c7ccccc75)C=CCC6)n4)cc3c2c1. The molecule has 4 nitrogen and oxygen atoms in total. The van der Waals surface area contributed by atoms with E-state index >= 15 is 0 Å². The van der Waals surface area contributed by atoms with Gasteiger partial charge in [0.1, 0.15) is 28.6 Å². The van der Waals surface area contributed by atoms with E-state index in [0.717, 1.165) is 74.1 Å². The largest absolute Gasteiger partial charge is 0.456 e.